The van der Waals surface area contributed by atoms with E-state index in [1.54, 1.807) is 0 Å². The van der Waals surface area contributed by atoms with Gasteiger partial charge in [0, 0.05) is 30.1 Å². The van der Waals surface area contributed by atoms with Crippen LogP contribution in [-0.2, 0) is 13.0 Å². The SMILES string of the molecule is C#CCCn1cc(CCCCNC)c2ccccc21. The fraction of sp³-hybridized carbons (Fsp3) is 0.412. The topological polar surface area (TPSA) is 17.0 Å². The normalized spacial score (nSPS) is 10.7. The van der Waals surface area contributed by atoms with Gasteiger partial charge in [0.2, 0.25) is 0 Å². The Bertz CT molecular complexity index is 560. The molecule has 100 valence electrons. The summed E-state index contributed by atoms with van der Waals surface area (Å²) in [7, 11) is 2.01. The van der Waals surface area contributed by atoms with Crippen LogP contribution in [0.4, 0.5) is 0 Å². The number of fused-ring (bicyclic) bond motifs is 1. The average Bonchev–Trinajstić information content (AvgIpc) is 2.80. The summed E-state index contributed by atoms with van der Waals surface area (Å²) >= 11 is 0. The molecule has 0 amide bonds. The van der Waals surface area contributed by atoms with Crippen molar-refractivity contribution >= 4 is 10.9 Å². The highest BCUT2D eigenvalue weighted by Gasteiger charge is 2.07. The molecule has 19 heavy (non-hydrogen) atoms. The Morgan fingerprint density at radius 2 is 2.11 bits per heavy atom. The van der Waals surface area contributed by atoms with Crippen molar-refractivity contribution in [3.05, 3.63) is 36.0 Å². The minimum absolute atomic E-state index is 0.790. The van der Waals surface area contributed by atoms with E-state index in [4.69, 9.17) is 6.42 Å². The number of terminal acetylenes is 1. The number of aryl methyl sites for hydroxylation is 2. The van der Waals surface area contributed by atoms with Crippen LogP contribution < -0.4 is 5.32 Å². The molecule has 2 rings (SSSR count). The van der Waals surface area contributed by atoms with Gasteiger partial charge in [-0.25, -0.2) is 0 Å². The number of aromatic nitrogens is 1. The molecule has 1 N–H and O–H groups in total. The van der Waals surface area contributed by atoms with Crippen molar-refractivity contribution in [2.24, 2.45) is 0 Å². The lowest BCUT2D eigenvalue weighted by molar-refractivity contribution is 0.675. The lowest BCUT2D eigenvalue weighted by atomic mass is 10.1. The van der Waals surface area contributed by atoms with Gasteiger partial charge in [-0.2, -0.15) is 0 Å². The van der Waals surface area contributed by atoms with E-state index >= 15 is 0 Å². The quantitative estimate of drug-likeness (QED) is 0.593. The summed E-state index contributed by atoms with van der Waals surface area (Å²) in [4.78, 5) is 0. The summed E-state index contributed by atoms with van der Waals surface area (Å²) in [6.07, 6.45) is 12.0. The Hall–Kier alpha value is -1.72. The zero-order valence-electron chi connectivity index (χ0n) is 11.7. The molecule has 1 aromatic heterocycles. The third-order valence-electron chi connectivity index (χ3n) is 3.49. The van der Waals surface area contributed by atoms with Crippen molar-refractivity contribution in [1.82, 2.24) is 9.88 Å². The van der Waals surface area contributed by atoms with Crippen LogP contribution >= 0.6 is 0 Å². The fourth-order valence-corrected chi connectivity index (χ4v) is 2.51. The molecule has 0 unspecified atom stereocenters. The monoisotopic (exact) mass is 254 g/mol. The molecule has 1 aromatic carbocycles. The van der Waals surface area contributed by atoms with E-state index in [9.17, 15) is 0 Å². The molecule has 0 aliphatic heterocycles. The molecule has 0 bridgehead atoms. The maximum Gasteiger partial charge on any atom is 0.0483 e. The summed E-state index contributed by atoms with van der Waals surface area (Å²) in [5, 5.41) is 4.58. The summed E-state index contributed by atoms with van der Waals surface area (Å²) in [5.74, 6) is 2.72. The van der Waals surface area contributed by atoms with Crippen molar-refractivity contribution in [1.29, 1.82) is 0 Å². The lowest BCUT2D eigenvalue weighted by Crippen LogP contribution is -2.07. The average molecular weight is 254 g/mol. The molecular formula is C17H22N2. The van der Waals surface area contributed by atoms with Crippen LogP contribution in [0.5, 0.6) is 0 Å². The predicted molar refractivity (Wildman–Crippen MR) is 82.3 cm³/mol. The van der Waals surface area contributed by atoms with E-state index in [0.717, 1.165) is 25.9 Å². The van der Waals surface area contributed by atoms with Crippen molar-refractivity contribution < 1.29 is 0 Å². The highest BCUT2D eigenvalue weighted by Crippen LogP contribution is 2.23. The van der Waals surface area contributed by atoms with Crippen LogP contribution in [0.25, 0.3) is 10.9 Å². The second-order valence-electron chi connectivity index (χ2n) is 4.88. The Balaban J connectivity index is 2.16. The van der Waals surface area contributed by atoms with E-state index < -0.39 is 0 Å². The van der Waals surface area contributed by atoms with Crippen LogP contribution in [0.15, 0.2) is 30.5 Å². The number of hydrogen-bond acceptors (Lipinski definition) is 1. The first kappa shape index (κ1) is 13.7. The summed E-state index contributed by atoms with van der Waals surface area (Å²) in [5.41, 5.74) is 2.75. The number of unbranched alkanes of at least 4 members (excludes halogenated alkanes) is 1. The Labute approximate surface area is 115 Å². The smallest absolute Gasteiger partial charge is 0.0483 e. The van der Waals surface area contributed by atoms with Crippen molar-refractivity contribution in [3.63, 3.8) is 0 Å². The van der Waals surface area contributed by atoms with Crippen LogP contribution in [0.3, 0.4) is 0 Å². The van der Waals surface area contributed by atoms with Gasteiger partial charge in [-0.3, -0.25) is 0 Å². The Kier molecular flexibility index (Phi) is 5.06. The minimum atomic E-state index is 0.790. The summed E-state index contributed by atoms with van der Waals surface area (Å²) in [6, 6.07) is 8.61. The molecule has 2 nitrogen and oxygen atoms in total. The van der Waals surface area contributed by atoms with Crippen molar-refractivity contribution in [2.75, 3.05) is 13.6 Å². The first-order valence-corrected chi connectivity index (χ1v) is 7.01. The molecule has 2 heteroatoms. The number of hydrogen-bond donors (Lipinski definition) is 1. The highest BCUT2D eigenvalue weighted by molar-refractivity contribution is 5.83. The van der Waals surface area contributed by atoms with Gasteiger partial charge >= 0.3 is 0 Å². The third-order valence-corrected chi connectivity index (χ3v) is 3.49. The van der Waals surface area contributed by atoms with E-state index in [1.807, 2.05) is 7.05 Å². The standard InChI is InChI=1S/C17H22N2/c1-3-4-13-19-14-15(9-7-8-12-18-2)16-10-5-6-11-17(16)19/h1,5-6,10-11,14,18H,4,7-9,12-13H2,2H3. The van der Waals surface area contributed by atoms with Gasteiger partial charge in [0.15, 0.2) is 0 Å². The zero-order valence-corrected chi connectivity index (χ0v) is 11.7. The highest BCUT2D eigenvalue weighted by atomic mass is 15.0. The Morgan fingerprint density at radius 1 is 1.26 bits per heavy atom. The van der Waals surface area contributed by atoms with E-state index in [2.05, 4.69) is 46.3 Å². The number of para-hydroxylation sites is 1. The first-order chi connectivity index (χ1) is 9.36. The molecule has 0 atom stereocenters. The second kappa shape index (κ2) is 7.01. The molecular weight excluding hydrogens is 232 g/mol. The van der Waals surface area contributed by atoms with Gasteiger partial charge < -0.3 is 9.88 Å². The lowest BCUT2D eigenvalue weighted by Gasteiger charge is -2.00. The van der Waals surface area contributed by atoms with Gasteiger partial charge in [0.1, 0.15) is 0 Å². The molecule has 2 aromatic rings. The maximum absolute atomic E-state index is 5.37. The van der Waals surface area contributed by atoms with Gasteiger partial charge in [-0.1, -0.05) is 18.2 Å². The Morgan fingerprint density at radius 3 is 2.89 bits per heavy atom. The third kappa shape index (κ3) is 3.39. The van der Waals surface area contributed by atoms with Crippen molar-refractivity contribution in [2.45, 2.75) is 32.2 Å². The first-order valence-electron chi connectivity index (χ1n) is 7.01. The molecule has 0 aliphatic rings. The van der Waals surface area contributed by atoms with Crippen LogP contribution in [0.2, 0.25) is 0 Å². The largest absolute Gasteiger partial charge is 0.346 e. The summed E-state index contributed by atoms with van der Waals surface area (Å²) < 4.78 is 2.29. The molecule has 0 saturated carbocycles. The van der Waals surface area contributed by atoms with Gasteiger partial charge in [-0.05, 0) is 44.5 Å². The zero-order chi connectivity index (χ0) is 13.5. The molecule has 0 fully saturated rings. The molecule has 0 saturated heterocycles. The van der Waals surface area contributed by atoms with Gasteiger partial charge in [0.25, 0.3) is 0 Å². The molecule has 0 aliphatic carbocycles. The maximum atomic E-state index is 5.37. The fourth-order valence-electron chi connectivity index (χ4n) is 2.51. The summed E-state index contributed by atoms with van der Waals surface area (Å²) in [6.45, 7) is 2.00. The number of nitrogens with zero attached hydrogens (tertiary/aromatic N) is 1. The van der Waals surface area contributed by atoms with Gasteiger partial charge in [0.05, 0.1) is 0 Å². The van der Waals surface area contributed by atoms with E-state index in [-0.39, 0.29) is 0 Å². The van der Waals surface area contributed by atoms with Crippen LogP contribution in [0, 0.1) is 12.3 Å². The van der Waals surface area contributed by atoms with Crippen LogP contribution in [0.1, 0.15) is 24.8 Å². The number of nitrogens with one attached hydrogen (secondary N) is 1. The number of rotatable bonds is 7. The van der Waals surface area contributed by atoms with Gasteiger partial charge in [-0.15, -0.1) is 12.3 Å². The van der Waals surface area contributed by atoms with Crippen molar-refractivity contribution in [3.8, 4) is 12.3 Å². The van der Waals surface area contributed by atoms with E-state index in [0.29, 0.717) is 0 Å². The molecule has 1 heterocycles. The molecule has 0 spiro atoms. The number of benzene rings is 1. The van der Waals surface area contributed by atoms with E-state index in [1.165, 1.54) is 29.3 Å². The predicted octanol–water partition coefficient (Wildman–Crippen LogP) is 3.21. The minimum Gasteiger partial charge on any atom is -0.346 e. The second-order valence-corrected chi connectivity index (χ2v) is 4.88. The molecule has 0 radical (unpaired) electrons. The van der Waals surface area contributed by atoms with Crippen LogP contribution in [-0.4, -0.2) is 18.2 Å².